The van der Waals surface area contributed by atoms with Gasteiger partial charge in [0.1, 0.15) is 5.15 Å². The Morgan fingerprint density at radius 3 is 2.67 bits per heavy atom. The molecule has 0 atom stereocenters. The lowest BCUT2D eigenvalue weighted by atomic mass is 9.79. The number of carboxylic acids is 1. The smallest absolute Gasteiger partial charge is 0.305 e. The van der Waals surface area contributed by atoms with Crippen LogP contribution in [0.5, 0.6) is 0 Å². The summed E-state index contributed by atoms with van der Waals surface area (Å²) in [6.07, 6.45) is 5.67. The molecule has 1 aliphatic rings. The van der Waals surface area contributed by atoms with Crippen LogP contribution in [0.3, 0.4) is 0 Å². The van der Waals surface area contributed by atoms with Crippen molar-refractivity contribution in [3.05, 3.63) is 27.5 Å². The Bertz CT molecular complexity index is 559. The third-order valence-corrected chi connectivity index (χ3v) is 4.46. The summed E-state index contributed by atoms with van der Waals surface area (Å²) in [5.41, 5.74) is -0.436. The van der Waals surface area contributed by atoms with Crippen LogP contribution in [0.1, 0.15) is 48.9 Å². The zero-order chi connectivity index (χ0) is 15.5. The molecular formula is C14H16BrClN2O3. The fraction of sp³-hybridized carbons (Fsp3) is 0.500. The summed E-state index contributed by atoms with van der Waals surface area (Å²) in [5, 5.41) is 12.1. The highest BCUT2D eigenvalue weighted by Crippen LogP contribution is 2.32. The van der Waals surface area contributed by atoms with Crippen molar-refractivity contribution in [2.45, 2.75) is 44.1 Å². The number of carboxylic acid groups (broad SMARTS) is 1. The van der Waals surface area contributed by atoms with Crippen LogP contribution in [0.4, 0.5) is 0 Å². The molecule has 1 heterocycles. The lowest BCUT2D eigenvalue weighted by Crippen LogP contribution is -2.51. The van der Waals surface area contributed by atoms with Crippen LogP contribution in [0.2, 0.25) is 5.15 Å². The van der Waals surface area contributed by atoms with Crippen LogP contribution < -0.4 is 5.32 Å². The predicted molar refractivity (Wildman–Crippen MR) is 82.5 cm³/mol. The minimum atomic E-state index is -0.907. The van der Waals surface area contributed by atoms with Crippen LogP contribution in [0.25, 0.3) is 0 Å². The van der Waals surface area contributed by atoms with Gasteiger partial charge in [-0.1, -0.05) is 30.9 Å². The van der Waals surface area contributed by atoms with E-state index in [1.54, 1.807) is 6.07 Å². The van der Waals surface area contributed by atoms with Gasteiger partial charge in [-0.3, -0.25) is 9.59 Å². The molecule has 1 aromatic heterocycles. The number of halogens is 2. The zero-order valence-electron chi connectivity index (χ0n) is 11.4. The molecule has 0 bridgehead atoms. The molecule has 0 unspecified atom stereocenters. The highest BCUT2D eigenvalue weighted by molar-refractivity contribution is 9.10. The van der Waals surface area contributed by atoms with Crippen molar-refractivity contribution < 1.29 is 14.7 Å². The molecule has 2 rings (SSSR count). The largest absolute Gasteiger partial charge is 0.481 e. The van der Waals surface area contributed by atoms with Crippen molar-refractivity contribution in [1.29, 1.82) is 0 Å². The number of nitrogens with one attached hydrogen (secondary N) is 1. The van der Waals surface area contributed by atoms with Gasteiger partial charge < -0.3 is 10.4 Å². The second kappa shape index (κ2) is 6.75. The monoisotopic (exact) mass is 374 g/mol. The first-order valence-electron chi connectivity index (χ1n) is 6.77. The van der Waals surface area contributed by atoms with E-state index in [9.17, 15) is 9.59 Å². The predicted octanol–water partition coefficient (Wildman–Crippen LogP) is 3.40. The number of aliphatic carboxylic acids is 1. The van der Waals surface area contributed by atoms with Crippen LogP contribution in [0, 0.1) is 0 Å². The number of aromatic nitrogens is 1. The summed E-state index contributed by atoms with van der Waals surface area (Å²) in [7, 11) is 0. The Hall–Kier alpha value is -1.14. The molecule has 7 heteroatoms. The number of amides is 1. The molecule has 5 nitrogen and oxygen atoms in total. The quantitative estimate of drug-likeness (QED) is 0.790. The molecule has 2 N–H and O–H groups in total. The number of carbonyl (C=O) groups excluding carboxylic acids is 1. The van der Waals surface area contributed by atoms with Crippen molar-refractivity contribution in [3.8, 4) is 0 Å². The normalized spacial score (nSPS) is 17.2. The van der Waals surface area contributed by atoms with Gasteiger partial charge in [0, 0.05) is 10.7 Å². The van der Waals surface area contributed by atoms with Crippen LogP contribution in [-0.2, 0) is 4.79 Å². The van der Waals surface area contributed by atoms with E-state index >= 15 is 0 Å². The molecule has 114 valence electrons. The molecule has 1 aliphatic carbocycles. The van der Waals surface area contributed by atoms with Gasteiger partial charge in [0.05, 0.1) is 17.5 Å². The van der Waals surface area contributed by atoms with Crippen LogP contribution in [0.15, 0.2) is 16.7 Å². The van der Waals surface area contributed by atoms with Crippen molar-refractivity contribution in [2.24, 2.45) is 0 Å². The summed E-state index contributed by atoms with van der Waals surface area (Å²) in [6.45, 7) is 0. The molecular weight excluding hydrogens is 360 g/mol. The highest BCUT2D eigenvalue weighted by Gasteiger charge is 2.36. The van der Waals surface area contributed by atoms with Crippen molar-refractivity contribution in [2.75, 3.05) is 0 Å². The first-order chi connectivity index (χ1) is 9.92. The van der Waals surface area contributed by atoms with Gasteiger partial charge >= 0.3 is 5.97 Å². The maximum Gasteiger partial charge on any atom is 0.305 e. The second-order valence-electron chi connectivity index (χ2n) is 5.36. The Morgan fingerprint density at radius 1 is 1.38 bits per heavy atom. The molecule has 1 saturated carbocycles. The summed E-state index contributed by atoms with van der Waals surface area (Å²) in [5.74, 6) is -1.28. The van der Waals surface area contributed by atoms with Gasteiger partial charge in [0.15, 0.2) is 0 Å². The van der Waals surface area contributed by atoms with Crippen molar-refractivity contribution >= 4 is 39.4 Å². The van der Waals surface area contributed by atoms with E-state index in [4.69, 9.17) is 16.7 Å². The number of hydrogen-bond donors (Lipinski definition) is 2. The third kappa shape index (κ3) is 4.17. The summed E-state index contributed by atoms with van der Waals surface area (Å²) < 4.78 is 0.646. The number of carbonyl (C=O) groups is 2. The molecule has 0 spiro atoms. The SMILES string of the molecule is O=C(O)CC1(NC(=O)c2cc(Br)cnc2Cl)CCCCC1. The molecule has 0 aliphatic heterocycles. The van der Waals surface area contributed by atoms with Gasteiger partial charge in [0.2, 0.25) is 0 Å². The van der Waals surface area contributed by atoms with E-state index in [1.807, 2.05) is 0 Å². The number of hydrogen-bond acceptors (Lipinski definition) is 3. The average Bonchev–Trinajstić information content (AvgIpc) is 2.41. The van der Waals surface area contributed by atoms with Crippen molar-refractivity contribution in [3.63, 3.8) is 0 Å². The number of rotatable bonds is 4. The molecule has 1 aromatic rings. The van der Waals surface area contributed by atoms with Crippen LogP contribution >= 0.6 is 27.5 Å². The van der Waals surface area contributed by atoms with E-state index in [2.05, 4.69) is 26.2 Å². The van der Waals surface area contributed by atoms with E-state index in [1.165, 1.54) is 6.20 Å². The van der Waals surface area contributed by atoms with E-state index in [-0.39, 0.29) is 23.0 Å². The first kappa shape index (κ1) is 16.2. The van der Waals surface area contributed by atoms with Gasteiger partial charge in [0.25, 0.3) is 5.91 Å². The second-order valence-corrected chi connectivity index (χ2v) is 6.63. The molecule has 0 radical (unpaired) electrons. The molecule has 21 heavy (non-hydrogen) atoms. The topological polar surface area (TPSA) is 79.3 Å². The maximum atomic E-state index is 12.4. The molecule has 1 fully saturated rings. The Morgan fingerprint density at radius 2 is 2.05 bits per heavy atom. The maximum absolute atomic E-state index is 12.4. The highest BCUT2D eigenvalue weighted by atomic mass is 79.9. The Balaban J connectivity index is 2.21. The lowest BCUT2D eigenvalue weighted by molar-refractivity contribution is -0.139. The fourth-order valence-electron chi connectivity index (χ4n) is 2.75. The minimum absolute atomic E-state index is 0.0716. The van der Waals surface area contributed by atoms with Crippen LogP contribution in [-0.4, -0.2) is 27.5 Å². The summed E-state index contributed by atoms with van der Waals surface area (Å²) in [6, 6.07) is 1.59. The summed E-state index contributed by atoms with van der Waals surface area (Å²) >= 11 is 9.20. The number of pyridine rings is 1. The van der Waals surface area contributed by atoms with E-state index in [0.717, 1.165) is 19.3 Å². The van der Waals surface area contributed by atoms with Gasteiger partial charge in [-0.05, 0) is 34.8 Å². The van der Waals surface area contributed by atoms with Crippen molar-refractivity contribution in [1.82, 2.24) is 10.3 Å². The van der Waals surface area contributed by atoms with Gasteiger partial charge in [-0.25, -0.2) is 4.98 Å². The van der Waals surface area contributed by atoms with E-state index in [0.29, 0.717) is 17.3 Å². The Kier molecular flexibility index (Phi) is 5.22. The van der Waals surface area contributed by atoms with E-state index < -0.39 is 11.5 Å². The minimum Gasteiger partial charge on any atom is -0.481 e. The standard InChI is InChI=1S/C14H16BrClN2O3/c15-9-6-10(12(16)17-8-9)13(21)18-14(7-11(19)20)4-2-1-3-5-14/h6,8H,1-5,7H2,(H,18,21)(H,19,20). The zero-order valence-corrected chi connectivity index (χ0v) is 13.7. The lowest BCUT2D eigenvalue weighted by Gasteiger charge is -2.37. The first-order valence-corrected chi connectivity index (χ1v) is 7.94. The fourth-order valence-corrected chi connectivity index (χ4v) is 3.27. The molecule has 1 amide bonds. The third-order valence-electron chi connectivity index (χ3n) is 3.73. The molecule has 0 aromatic carbocycles. The number of nitrogens with zero attached hydrogens (tertiary/aromatic N) is 1. The van der Waals surface area contributed by atoms with Gasteiger partial charge in [-0.15, -0.1) is 0 Å². The molecule has 0 saturated heterocycles. The Labute approximate surface area is 136 Å². The summed E-state index contributed by atoms with van der Waals surface area (Å²) in [4.78, 5) is 27.5. The average molecular weight is 376 g/mol. The van der Waals surface area contributed by atoms with Gasteiger partial charge in [-0.2, -0.15) is 0 Å².